The van der Waals surface area contributed by atoms with Crippen LogP contribution in [-0.2, 0) is 0 Å². The summed E-state index contributed by atoms with van der Waals surface area (Å²) in [4.78, 5) is 13.2. The van der Waals surface area contributed by atoms with Crippen molar-refractivity contribution in [3.05, 3.63) is 47.6 Å². The number of rotatable bonds is 4. The normalized spacial score (nSPS) is 11.0. The molecular formula is C19H19N7O2. The minimum Gasteiger partial charge on any atom is -0.497 e. The first-order valence-electron chi connectivity index (χ1n) is 8.62. The molecule has 142 valence electrons. The SMILES string of the molecule is COc1ccc(-c2noc(C)c2-c2nc(N)nn2-c2cc(C)nc(C)n2)cc1. The van der Waals surface area contributed by atoms with Gasteiger partial charge in [-0.05, 0) is 45.0 Å². The predicted molar refractivity (Wildman–Crippen MR) is 103 cm³/mol. The molecule has 1 aromatic carbocycles. The third kappa shape index (κ3) is 3.07. The maximum Gasteiger partial charge on any atom is 0.240 e. The lowest BCUT2D eigenvalue weighted by Gasteiger charge is -2.07. The first-order valence-corrected chi connectivity index (χ1v) is 8.62. The lowest BCUT2D eigenvalue weighted by atomic mass is 10.1. The standard InChI is InChI=1S/C19H19N7O2/c1-10-9-15(22-12(3)21-10)26-18(23-19(20)24-26)16-11(2)28-25-17(16)13-5-7-14(27-4)8-6-13/h5-9H,1-4H3,(H2,20,24). The summed E-state index contributed by atoms with van der Waals surface area (Å²) in [6.45, 7) is 5.54. The van der Waals surface area contributed by atoms with Crippen molar-refractivity contribution in [3.63, 3.8) is 0 Å². The van der Waals surface area contributed by atoms with Gasteiger partial charge in [-0.1, -0.05) is 5.16 Å². The van der Waals surface area contributed by atoms with Gasteiger partial charge >= 0.3 is 0 Å². The Hall–Kier alpha value is -3.75. The van der Waals surface area contributed by atoms with Crippen LogP contribution in [0.4, 0.5) is 5.95 Å². The molecule has 0 amide bonds. The van der Waals surface area contributed by atoms with Gasteiger partial charge in [0.15, 0.2) is 11.6 Å². The van der Waals surface area contributed by atoms with Gasteiger partial charge in [-0.15, -0.1) is 5.10 Å². The third-order valence-electron chi connectivity index (χ3n) is 4.24. The number of hydrogen-bond donors (Lipinski definition) is 1. The number of aromatic nitrogens is 6. The van der Waals surface area contributed by atoms with E-state index >= 15 is 0 Å². The third-order valence-corrected chi connectivity index (χ3v) is 4.24. The van der Waals surface area contributed by atoms with Crippen molar-refractivity contribution in [3.8, 4) is 34.2 Å². The molecule has 0 unspecified atom stereocenters. The summed E-state index contributed by atoms with van der Waals surface area (Å²) in [6.07, 6.45) is 0. The summed E-state index contributed by atoms with van der Waals surface area (Å²) < 4.78 is 12.3. The second-order valence-corrected chi connectivity index (χ2v) is 6.31. The fourth-order valence-corrected chi connectivity index (χ4v) is 3.04. The molecule has 0 saturated heterocycles. The second kappa shape index (κ2) is 6.76. The van der Waals surface area contributed by atoms with Gasteiger partial charge in [0.1, 0.15) is 23.0 Å². The van der Waals surface area contributed by atoms with Crippen molar-refractivity contribution in [2.75, 3.05) is 12.8 Å². The molecular weight excluding hydrogens is 358 g/mol. The number of ether oxygens (including phenoxy) is 1. The van der Waals surface area contributed by atoms with Crippen molar-refractivity contribution in [2.45, 2.75) is 20.8 Å². The van der Waals surface area contributed by atoms with Crippen molar-refractivity contribution in [1.82, 2.24) is 29.9 Å². The number of nitrogen functional groups attached to an aromatic ring is 1. The zero-order chi connectivity index (χ0) is 19.8. The second-order valence-electron chi connectivity index (χ2n) is 6.31. The molecule has 0 aliphatic rings. The minimum atomic E-state index is 0.130. The van der Waals surface area contributed by atoms with Crippen LogP contribution < -0.4 is 10.5 Å². The zero-order valence-electron chi connectivity index (χ0n) is 16.0. The van der Waals surface area contributed by atoms with E-state index in [-0.39, 0.29) is 5.95 Å². The van der Waals surface area contributed by atoms with Crippen LogP contribution in [0.15, 0.2) is 34.9 Å². The van der Waals surface area contributed by atoms with E-state index in [0.717, 1.165) is 17.0 Å². The Bertz CT molecular complexity index is 1130. The van der Waals surface area contributed by atoms with Crippen LogP contribution in [0.25, 0.3) is 28.5 Å². The average Bonchev–Trinajstić information content (AvgIpc) is 3.23. The average molecular weight is 377 g/mol. The molecule has 4 rings (SSSR count). The maximum absolute atomic E-state index is 5.92. The van der Waals surface area contributed by atoms with Crippen LogP contribution in [-0.4, -0.2) is 37.0 Å². The Morgan fingerprint density at radius 3 is 2.46 bits per heavy atom. The number of hydrogen-bond acceptors (Lipinski definition) is 8. The van der Waals surface area contributed by atoms with Crippen molar-refractivity contribution in [2.24, 2.45) is 0 Å². The van der Waals surface area contributed by atoms with Gasteiger partial charge in [-0.2, -0.15) is 9.67 Å². The van der Waals surface area contributed by atoms with Gasteiger partial charge in [0, 0.05) is 17.3 Å². The highest BCUT2D eigenvalue weighted by molar-refractivity contribution is 5.79. The fourth-order valence-electron chi connectivity index (χ4n) is 3.04. The zero-order valence-corrected chi connectivity index (χ0v) is 16.0. The molecule has 3 heterocycles. The molecule has 3 aromatic heterocycles. The molecule has 0 atom stereocenters. The Morgan fingerprint density at radius 2 is 1.79 bits per heavy atom. The van der Waals surface area contributed by atoms with E-state index in [2.05, 4.69) is 25.2 Å². The largest absolute Gasteiger partial charge is 0.497 e. The molecule has 0 fully saturated rings. The Labute approximate surface area is 161 Å². The van der Waals surface area contributed by atoms with E-state index in [1.165, 1.54) is 0 Å². The molecule has 28 heavy (non-hydrogen) atoms. The van der Waals surface area contributed by atoms with E-state index in [1.807, 2.05) is 51.1 Å². The highest BCUT2D eigenvalue weighted by Gasteiger charge is 2.24. The summed E-state index contributed by atoms with van der Waals surface area (Å²) >= 11 is 0. The summed E-state index contributed by atoms with van der Waals surface area (Å²) in [7, 11) is 1.62. The molecule has 2 N–H and O–H groups in total. The number of aryl methyl sites for hydroxylation is 3. The molecule has 4 aromatic rings. The molecule has 0 spiro atoms. The molecule has 9 heteroatoms. The Morgan fingerprint density at radius 1 is 1.04 bits per heavy atom. The molecule has 0 aliphatic heterocycles. The van der Waals surface area contributed by atoms with Crippen molar-refractivity contribution < 1.29 is 9.26 Å². The van der Waals surface area contributed by atoms with Gasteiger partial charge < -0.3 is 15.0 Å². The smallest absolute Gasteiger partial charge is 0.240 e. The van der Waals surface area contributed by atoms with E-state index in [9.17, 15) is 0 Å². The highest BCUT2D eigenvalue weighted by atomic mass is 16.5. The molecule has 0 saturated carbocycles. The van der Waals surface area contributed by atoms with Crippen LogP contribution in [0, 0.1) is 20.8 Å². The van der Waals surface area contributed by atoms with Crippen LogP contribution in [0.2, 0.25) is 0 Å². The van der Waals surface area contributed by atoms with Crippen LogP contribution in [0.1, 0.15) is 17.3 Å². The number of methoxy groups -OCH3 is 1. The first-order chi connectivity index (χ1) is 13.5. The number of nitrogens with zero attached hydrogens (tertiary/aromatic N) is 6. The summed E-state index contributed by atoms with van der Waals surface area (Å²) in [5, 5.41) is 8.55. The van der Waals surface area contributed by atoms with Crippen LogP contribution in [0.5, 0.6) is 5.75 Å². The van der Waals surface area contributed by atoms with Gasteiger partial charge in [-0.25, -0.2) is 9.97 Å². The molecule has 0 aliphatic carbocycles. The van der Waals surface area contributed by atoms with Crippen molar-refractivity contribution >= 4 is 5.95 Å². The number of benzene rings is 1. The monoisotopic (exact) mass is 377 g/mol. The quantitative estimate of drug-likeness (QED) is 0.577. The van der Waals surface area contributed by atoms with E-state index in [1.54, 1.807) is 11.8 Å². The summed E-state index contributed by atoms with van der Waals surface area (Å²) in [5.74, 6) is 3.19. The summed E-state index contributed by atoms with van der Waals surface area (Å²) in [5.41, 5.74) is 8.93. The van der Waals surface area contributed by atoms with Crippen LogP contribution in [0.3, 0.4) is 0 Å². The highest BCUT2D eigenvalue weighted by Crippen LogP contribution is 2.35. The predicted octanol–water partition coefficient (Wildman–Crippen LogP) is 2.90. The topological polar surface area (TPSA) is 118 Å². The maximum atomic E-state index is 5.92. The lowest BCUT2D eigenvalue weighted by molar-refractivity contribution is 0.400. The fraction of sp³-hybridized carbons (Fsp3) is 0.211. The number of anilines is 1. The number of nitrogens with two attached hydrogens (primary N) is 1. The van der Waals surface area contributed by atoms with Crippen molar-refractivity contribution in [1.29, 1.82) is 0 Å². The van der Waals surface area contributed by atoms with Gasteiger partial charge in [0.05, 0.1) is 12.7 Å². The summed E-state index contributed by atoms with van der Waals surface area (Å²) in [6, 6.07) is 9.35. The van der Waals surface area contributed by atoms with E-state index in [0.29, 0.717) is 34.5 Å². The Balaban J connectivity index is 1.90. The molecule has 0 radical (unpaired) electrons. The molecule has 0 bridgehead atoms. The van der Waals surface area contributed by atoms with E-state index < -0.39 is 0 Å². The first kappa shape index (κ1) is 17.7. The van der Waals surface area contributed by atoms with E-state index in [4.69, 9.17) is 15.0 Å². The Kier molecular flexibility index (Phi) is 4.26. The lowest BCUT2D eigenvalue weighted by Crippen LogP contribution is -2.06. The van der Waals surface area contributed by atoms with Gasteiger partial charge in [0.2, 0.25) is 5.95 Å². The van der Waals surface area contributed by atoms with Crippen LogP contribution >= 0.6 is 0 Å². The van der Waals surface area contributed by atoms with Gasteiger partial charge in [0.25, 0.3) is 0 Å². The molecule has 9 nitrogen and oxygen atoms in total. The minimum absolute atomic E-state index is 0.130. The van der Waals surface area contributed by atoms with Gasteiger partial charge in [-0.3, -0.25) is 0 Å².